The van der Waals surface area contributed by atoms with Crippen molar-refractivity contribution in [2.45, 2.75) is 88.8 Å². The minimum atomic E-state index is -4.78. The predicted molar refractivity (Wildman–Crippen MR) is 184 cm³/mol. The fraction of sp³-hybridized carbons (Fsp3) is 0.457. The number of amides is 2. The van der Waals surface area contributed by atoms with Crippen LogP contribution in [0.3, 0.4) is 0 Å². The van der Waals surface area contributed by atoms with Crippen LogP contribution in [0, 0.1) is 5.41 Å². The third-order valence-corrected chi connectivity index (χ3v) is 10.9. The van der Waals surface area contributed by atoms with Gasteiger partial charge in [0.05, 0.1) is 29.4 Å². The number of benzene rings is 1. The normalized spacial score (nSPS) is 21.0. The fourth-order valence-corrected chi connectivity index (χ4v) is 8.13. The Balaban J connectivity index is 1.15. The number of nitrogens with zero attached hydrogens (tertiary/aromatic N) is 6. The molecule has 4 aromatic rings. The van der Waals surface area contributed by atoms with E-state index in [2.05, 4.69) is 31.4 Å². The number of halogens is 7. The zero-order valence-corrected chi connectivity index (χ0v) is 30.4. The van der Waals surface area contributed by atoms with Crippen molar-refractivity contribution in [3.63, 3.8) is 0 Å². The maximum absolute atomic E-state index is 14.2. The van der Waals surface area contributed by atoms with E-state index in [-0.39, 0.29) is 54.2 Å². The van der Waals surface area contributed by atoms with Crippen LogP contribution in [0.2, 0.25) is 5.02 Å². The van der Waals surface area contributed by atoms with Crippen molar-refractivity contribution in [3.8, 4) is 11.3 Å². The highest BCUT2D eigenvalue weighted by Gasteiger charge is 2.65. The summed E-state index contributed by atoms with van der Waals surface area (Å²) >= 11 is 9.92. The van der Waals surface area contributed by atoms with E-state index in [9.17, 15) is 36.3 Å². The molecule has 1 aromatic carbocycles. The summed E-state index contributed by atoms with van der Waals surface area (Å²) < 4.78 is 72.4. The Bertz CT molecular complexity index is 2110. The number of likely N-dealkylation sites (tertiary alicyclic amines) is 1. The summed E-state index contributed by atoms with van der Waals surface area (Å²) in [5.41, 5.74) is -2.15. The van der Waals surface area contributed by atoms with Crippen molar-refractivity contribution in [2.75, 3.05) is 6.54 Å². The van der Waals surface area contributed by atoms with Gasteiger partial charge in [-0.2, -0.15) is 32.1 Å². The third-order valence-electron chi connectivity index (χ3n) is 10.1. The van der Waals surface area contributed by atoms with E-state index in [4.69, 9.17) is 11.6 Å². The van der Waals surface area contributed by atoms with Gasteiger partial charge in [-0.3, -0.25) is 19.1 Å². The van der Waals surface area contributed by atoms with Crippen LogP contribution in [-0.2, 0) is 28.7 Å². The van der Waals surface area contributed by atoms with E-state index >= 15 is 0 Å². The standard InChI is InChI=1S/C35H34BrClF5N7O3/c1-33(2,18-49-26(14-28(45-49)35(40,41)42)20-7-9-46(22-4-5-22)29(50)12-20)44-30(51)27(11-19-16-43-48(17-19)32(38)39)47-10-8-34(31(47)52)15-24(34)23-6-3-21(36)13-25(23)37/h3,6-7,9,12-14,16-17,22,24,27,32H,4-5,8,10-11,15,18H2,1-2H3,(H,44,51)/t24-,27-,34+/m1/s1. The van der Waals surface area contributed by atoms with Gasteiger partial charge in [0.1, 0.15) is 6.04 Å². The minimum absolute atomic E-state index is 0.0358. The fourth-order valence-electron chi connectivity index (χ4n) is 7.32. The van der Waals surface area contributed by atoms with Gasteiger partial charge in [0.25, 0.3) is 5.56 Å². The summed E-state index contributed by atoms with van der Waals surface area (Å²) in [6.45, 7) is 0.259. The van der Waals surface area contributed by atoms with Gasteiger partial charge in [0.15, 0.2) is 5.69 Å². The minimum Gasteiger partial charge on any atom is -0.348 e. The average molecular weight is 811 g/mol. The molecule has 1 saturated heterocycles. The van der Waals surface area contributed by atoms with E-state index < -0.39 is 41.3 Å². The third kappa shape index (κ3) is 7.03. The van der Waals surface area contributed by atoms with Crippen molar-refractivity contribution in [1.82, 2.24) is 34.3 Å². The lowest BCUT2D eigenvalue weighted by Gasteiger charge is -2.33. The Hall–Kier alpha value is -4.05. The molecule has 1 aliphatic heterocycles. The molecule has 0 radical (unpaired) electrons. The van der Waals surface area contributed by atoms with E-state index in [0.717, 1.165) is 39.8 Å². The second-order valence-corrected chi connectivity index (χ2v) is 15.8. The number of nitrogens with one attached hydrogen (secondary N) is 1. The van der Waals surface area contributed by atoms with Crippen molar-refractivity contribution in [1.29, 1.82) is 0 Å². The zero-order valence-electron chi connectivity index (χ0n) is 28.0. The molecule has 4 heterocycles. The smallest absolute Gasteiger partial charge is 0.348 e. The first-order valence-corrected chi connectivity index (χ1v) is 17.9. The average Bonchev–Trinajstić information content (AvgIpc) is 3.88. The van der Waals surface area contributed by atoms with Gasteiger partial charge in [0.2, 0.25) is 11.8 Å². The van der Waals surface area contributed by atoms with Gasteiger partial charge >= 0.3 is 12.7 Å². The summed E-state index contributed by atoms with van der Waals surface area (Å²) in [4.78, 5) is 42.6. The van der Waals surface area contributed by atoms with Crippen LogP contribution < -0.4 is 10.9 Å². The van der Waals surface area contributed by atoms with E-state index in [1.54, 1.807) is 36.7 Å². The highest BCUT2D eigenvalue weighted by Crippen LogP contribution is 2.66. The summed E-state index contributed by atoms with van der Waals surface area (Å²) in [5, 5.41) is 10.9. The van der Waals surface area contributed by atoms with Gasteiger partial charge in [-0.15, -0.1) is 0 Å². The van der Waals surface area contributed by atoms with Crippen molar-refractivity contribution in [2.24, 2.45) is 5.41 Å². The molecule has 0 bridgehead atoms. The first kappa shape index (κ1) is 36.3. The number of alkyl halides is 5. The maximum Gasteiger partial charge on any atom is 0.435 e. The molecule has 7 rings (SSSR count). The molecule has 3 aliphatic rings. The molecule has 52 heavy (non-hydrogen) atoms. The SMILES string of the molecule is CC(C)(Cn1nc(C(F)(F)F)cc1-c1ccn(C2CC2)c(=O)c1)NC(=O)[C@@H](Cc1cnn(C(F)F)c1)N1CC[C@@]2(C[C@@H]2c2ccc(Br)cc2Cl)C1=O. The summed E-state index contributed by atoms with van der Waals surface area (Å²) in [7, 11) is 0. The number of aromatic nitrogens is 5. The van der Waals surface area contributed by atoms with Crippen LogP contribution in [0.15, 0.2) is 64.3 Å². The van der Waals surface area contributed by atoms with Crippen molar-refractivity contribution in [3.05, 3.63) is 91.7 Å². The Labute approximate surface area is 308 Å². The summed E-state index contributed by atoms with van der Waals surface area (Å²) in [5.74, 6) is -1.06. The molecule has 0 unspecified atom stereocenters. The number of hydrogen-bond donors (Lipinski definition) is 1. The predicted octanol–water partition coefficient (Wildman–Crippen LogP) is 6.99. The molecule has 1 spiro atoms. The quantitative estimate of drug-likeness (QED) is 0.165. The lowest BCUT2D eigenvalue weighted by Crippen LogP contribution is -2.56. The second kappa shape index (κ2) is 13.1. The Morgan fingerprint density at radius 1 is 1.13 bits per heavy atom. The van der Waals surface area contributed by atoms with Gasteiger partial charge in [0, 0.05) is 58.4 Å². The monoisotopic (exact) mass is 809 g/mol. The van der Waals surface area contributed by atoms with E-state index in [1.807, 2.05) is 12.1 Å². The number of carbonyl (C=O) groups is 2. The van der Waals surface area contributed by atoms with Crippen LogP contribution in [-0.4, -0.2) is 59.0 Å². The lowest BCUT2D eigenvalue weighted by molar-refractivity contribution is -0.141. The van der Waals surface area contributed by atoms with Crippen LogP contribution in [0.25, 0.3) is 11.3 Å². The van der Waals surface area contributed by atoms with E-state index in [1.165, 1.54) is 17.2 Å². The molecule has 3 fully saturated rings. The Morgan fingerprint density at radius 2 is 1.88 bits per heavy atom. The number of carbonyl (C=O) groups excluding carboxylic acids is 2. The molecular weight excluding hydrogens is 777 g/mol. The second-order valence-electron chi connectivity index (χ2n) is 14.5. The first-order valence-electron chi connectivity index (χ1n) is 16.7. The van der Waals surface area contributed by atoms with Crippen molar-refractivity contribution < 1.29 is 31.5 Å². The van der Waals surface area contributed by atoms with Crippen LogP contribution in [0.1, 0.15) is 74.9 Å². The Kier molecular flexibility index (Phi) is 9.16. The molecule has 3 atom stereocenters. The van der Waals surface area contributed by atoms with E-state index in [0.29, 0.717) is 28.1 Å². The molecule has 17 heteroatoms. The topological polar surface area (TPSA) is 107 Å². The lowest BCUT2D eigenvalue weighted by atomic mass is 9.97. The molecule has 10 nitrogen and oxygen atoms in total. The van der Waals surface area contributed by atoms with Crippen LogP contribution in [0.5, 0.6) is 0 Å². The Morgan fingerprint density at radius 3 is 2.52 bits per heavy atom. The largest absolute Gasteiger partial charge is 0.435 e. The highest BCUT2D eigenvalue weighted by atomic mass is 79.9. The van der Waals surface area contributed by atoms with Gasteiger partial charge in [-0.1, -0.05) is 33.6 Å². The number of pyridine rings is 1. The molecule has 2 amide bonds. The molecule has 2 saturated carbocycles. The van der Waals surface area contributed by atoms with Crippen molar-refractivity contribution >= 4 is 39.3 Å². The molecule has 3 aromatic heterocycles. The molecule has 2 aliphatic carbocycles. The van der Waals surface area contributed by atoms with Crippen LogP contribution >= 0.6 is 27.5 Å². The van der Waals surface area contributed by atoms with Gasteiger partial charge < -0.3 is 14.8 Å². The summed E-state index contributed by atoms with van der Waals surface area (Å²) in [6, 6.07) is 8.08. The molecule has 276 valence electrons. The maximum atomic E-state index is 14.2. The zero-order chi connectivity index (χ0) is 37.3. The summed E-state index contributed by atoms with van der Waals surface area (Å²) in [6.07, 6.45) is 1.64. The van der Waals surface area contributed by atoms with Gasteiger partial charge in [-0.05, 0) is 74.9 Å². The number of rotatable bonds is 11. The number of hydrogen-bond acceptors (Lipinski definition) is 5. The van der Waals surface area contributed by atoms with Gasteiger partial charge in [-0.25, -0.2) is 4.68 Å². The molecule has 1 N–H and O–H groups in total. The van der Waals surface area contributed by atoms with Crippen LogP contribution in [0.4, 0.5) is 22.0 Å². The first-order chi connectivity index (χ1) is 24.5. The molecular formula is C35H34BrClF5N7O3. The highest BCUT2D eigenvalue weighted by molar-refractivity contribution is 9.10.